The third-order valence-electron chi connectivity index (χ3n) is 2.07. The number of nitrogens with one attached hydrogen (secondary N) is 1. The molecule has 1 aromatic heterocycles. The van der Waals surface area contributed by atoms with Gasteiger partial charge >= 0.3 is 6.18 Å². The molecule has 3 N–H and O–H groups in total. The third-order valence-corrected chi connectivity index (χ3v) is 3.07. The molecule has 104 valence electrons. The summed E-state index contributed by atoms with van der Waals surface area (Å²) in [6.07, 6.45) is -5.20. The first-order chi connectivity index (χ1) is 8.92. The lowest BCUT2D eigenvalue weighted by Crippen LogP contribution is -2.24. The van der Waals surface area contributed by atoms with Gasteiger partial charge in [0.25, 0.3) is 5.91 Å². The second kappa shape index (κ2) is 7.16. The number of hydrogen-bond acceptors (Lipinski definition) is 3. The van der Waals surface area contributed by atoms with E-state index in [9.17, 15) is 18.0 Å². The Hall–Kier alpha value is -1.52. The van der Waals surface area contributed by atoms with E-state index in [0.717, 1.165) is 0 Å². The van der Waals surface area contributed by atoms with E-state index in [-0.39, 0.29) is 25.4 Å². The molecule has 0 aliphatic rings. The number of rotatable bonds is 4. The molecule has 0 aromatic carbocycles. The van der Waals surface area contributed by atoms with E-state index in [1.54, 1.807) is 12.1 Å². The average Bonchev–Trinajstić information content (AvgIpc) is 2.79. The molecular weight excluding hydrogens is 277 g/mol. The van der Waals surface area contributed by atoms with Crippen LogP contribution >= 0.6 is 11.3 Å². The molecule has 0 fully saturated rings. The van der Waals surface area contributed by atoms with Crippen molar-refractivity contribution < 1.29 is 18.0 Å². The van der Waals surface area contributed by atoms with Crippen molar-refractivity contribution >= 4 is 17.2 Å². The maximum atomic E-state index is 11.9. The van der Waals surface area contributed by atoms with E-state index in [2.05, 4.69) is 17.2 Å². The van der Waals surface area contributed by atoms with Crippen molar-refractivity contribution in [3.8, 4) is 11.8 Å². The molecule has 1 rings (SSSR count). The summed E-state index contributed by atoms with van der Waals surface area (Å²) in [6.45, 7) is 0.233. The number of halogens is 3. The molecule has 0 saturated heterocycles. The van der Waals surface area contributed by atoms with E-state index in [0.29, 0.717) is 9.75 Å². The van der Waals surface area contributed by atoms with E-state index in [1.807, 2.05) is 0 Å². The average molecular weight is 290 g/mol. The SMILES string of the molecule is NCC#Cc1ccc(C(=O)NCCCC(F)(F)F)s1. The fourth-order valence-corrected chi connectivity index (χ4v) is 2.04. The van der Waals surface area contributed by atoms with Crippen LogP contribution in [0.5, 0.6) is 0 Å². The van der Waals surface area contributed by atoms with Gasteiger partial charge in [-0.1, -0.05) is 11.8 Å². The first-order valence-electron chi connectivity index (χ1n) is 5.56. The lowest BCUT2D eigenvalue weighted by Gasteiger charge is -2.06. The number of hydrogen-bond donors (Lipinski definition) is 2. The van der Waals surface area contributed by atoms with E-state index in [4.69, 9.17) is 5.73 Å². The van der Waals surface area contributed by atoms with Gasteiger partial charge < -0.3 is 11.1 Å². The van der Waals surface area contributed by atoms with E-state index in [1.165, 1.54) is 11.3 Å². The molecule has 0 bridgehead atoms. The van der Waals surface area contributed by atoms with Gasteiger partial charge in [-0.2, -0.15) is 13.2 Å². The Kier molecular flexibility index (Phi) is 5.86. The van der Waals surface area contributed by atoms with Crippen molar-refractivity contribution in [3.63, 3.8) is 0 Å². The van der Waals surface area contributed by atoms with Gasteiger partial charge in [-0.25, -0.2) is 0 Å². The van der Waals surface area contributed by atoms with Crippen LogP contribution in [0.2, 0.25) is 0 Å². The van der Waals surface area contributed by atoms with Crippen LogP contribution in [0.4, 0.5) is 13.2 Å². The summed E-state index contributed by atoms with van der Waals surface area (Å²) in [4.78, 5) is 12.7. The van der Waals surface area contributed by atoms with Gasteiger partial charge in [-0.15, -0.1) is 11.3 Å². The third kappa shape index (κ3) is 6.27. The smallest absolute Gasteiger partial charge is 0.351 e. The van der Waals surface area contributed by atoms with Crippen LogP contribution in [-0.4, -0.2) is 25.2 Å². The standard InChI is InChI=1S/C12H13F3N2OS/c13-12(14,15)6-2-8-17-11(18)10-5-4-9(19-10)3-1-7-16/h4-5H,2,6-8,16H2,(H,17,18). The number of amides is 1. The van der Waals surface area contributed by atoms with Crippen LogP contribution in [0, 0.1) is 11.8 Å². The fraction of sp³-hybridized carbons (Fsp3) is 0.417. The van der Waals surface area contributed by atoms with Crippen molar-refractivity contribution in [2.45, 2.75) is 19.0 Å². The Morgan fingerprint density at radius 3 is 2.79 bits per heavy atom. The molecule has 0 aliphatic heterocycles. The molecule has 1 heterocycles. The monoisotopic (exact) mass is 290 g/mol. The van der Waals surface area contributed by atoms with Crippen molar-refractivity contribution in [2.24, 2.45) is 5.73 Å². The molecule has 19 heavy (non-hydrogen) atoms. The molecule has 3 nitrogen and oxygen atoms in total. The van der Waals surface area contributed by atoms with E-state index >= 15 is 0 Å². The Morgan fingerprint density at radius 1 is 1.42 bits per heavy atom. The minimum atomic E-state index is -4.18. The maximum Gasteiger partial charge on any atom is 0.389 e. The zero-order chi connectivity index (χ0) is 14.3. The van der Waals surface area contributed by atoms with Gasteiger partial charge in [-0.05, 0) is 18.6 Å². The number of carbonyl (C=O) groups excluding carboxylic acids is 1. The lowest BCUT2D eigenvalue weighted by atomic mass is 10.3. The Morgan fingerprint density at radius 2 is 2.16 bits per heavy atom. The molecule has 1 aromatic rings. The number of carbonyl (C=O) groups is 1. The molecule has 0 spiro atoms. The summed E-state index contributed by atoms with van der Waals surface area (Å²) < 4.78 is 35.7. The second-order valence-corrected chi connectivity index (χ2v) is 4.73. The number of nitrogens with two attached hydrogens (primary N) is 1. The topological polar surface area (TPSA) is 55.1 Å². The highest BCUT2D eigenvalue weighted by Crippen LogP contribution is 2.21. The van der Waals surface area contributed by atoms with Crippen molar-refractivity contribution in [2.75, 3.05) is 13.1 Å². The second-order valence-electron chi connectivity index (χ2n) is 3.64. The molecular formula is C12H13F3N2OS. The summed E-state index contributed by atoms with van der Waals surface area (Å²) >= 11 is 1.18. The van der Waals surface area contributed by atoms with Crippen LogP contribution in [0.3, 0.4) is 0 Å². The highest BCUT2D eigenvalue weighted by Gasteiger charge is 2.26. The lowest BCUT2D eigenvalue weighted by molar-refractivity contribution is -0.135. The molecule has 0 radical (unpaired) electrons. The predicted molar refractivity (Wildman–Crippen MR) is 67.9 cm³/mol. The molecule has 0 saturated carbocycles. The molecule has 0 unspecified atom stereocenters. The number of thiophene rings is 1. The molecule has 7 heteroatoms. The minimum Gasteiger partial charge on any atom is -0.351 e. The van der Waals surface area contributed by atoms with Crippen LogP contribution in [-0.2, 0) is 0 Å². The van der Waals surface area contributed by atoms with Crippen molar-refractivity contribution in [1.29, 1.82) is 0 Å². The summed E-state index contributed by atoms with van der Waals surface area (Å²) in [7, 11) is 0. The zero-order valence-corrected chi connectivity index (χ0v) is 10.8. The Bertz CT molecular complexity index is 485. The van der Waals surface area contributed by atoms with Crippen molar-refractivity contribution in [3.05, 3.63) is 21.9 Å². The highest BCUT2D eigenvalue weighted by atomic mass is 32.1. The normalized spacial score (nSPS) is 10.7. The van der Waals surface area contributed by atoms with Gasteiger partial charge in [0, 0.05) is 13.0 Å². The summed E-state index contributed by atoms with van der Waals surface area (Å²) in [5.41, 5.74) is 5.22. The predicted octanol–water partition coefficient (Wildman–Crippen LogP) is 2.13. The van der Waals surface area contributed by atoms with Crippen molar-refractivity contribution in [1.82, 2.24) is 5.32 Å². The van der Waals surface area contributed by atoms with Crippen LogP contribution < -0.4 is 11.1 Å². The van der Waals surface area contributed by atoms with Crippen LogP contribution in [0.1, 0.15) is 27.4 Å². The summed E-state index contributed by atoms with van der Waals surface area (Å²) in [5, 5.41) is 2.44. The highest BCUT2D eigenvalue weighted by molar-refractivity contribution is 7.14. The first kappa shape index (κ1) is 15.5. The van der Waals surface area contributed by atoms with Crippen LogP contribution in [0.15, 0.2) is 12.1 Å². The van der Waals surface area contributed by atoms with Crippen LogP contribution in [0.25, 0.3) is 0 Å². The van der Waals surface area contributed by atoms with Gasteiger partial charge in [0.1, 0.15) is 0 Å². The molecule has 0 aliphatic carbocycles. The van der Waals surface area contributed by atoms with E-state index < -0.39 is 12.6 Å². The number of alkyl halides is 3. The summed E-state index contributed by atoms with van der Waals surface area (Å²) in [5.74, 6) is 5.06. The minimum absolute atomic E-state index is 0.0000548. The van der Waals surface area contributed by atoms with Gasteiger partial charge in [-0.3, -0.25) is 4.79 Å². The largest absolute Gasteiger partial charge is 0.389 e. The Labute approximate surface area is 113 Å². The molecule has 0 atom stereocenters. The first-order valence-corrected chi connectivity index (χ1v) is 6.38. The maximum absolute atomic E-state index is 11.9. The van der Waals surface area contributed by atoms with Gasteiger partial charge in [0.15, 0.2) is 0 Å². The Balaban J connectivity index is 2.39. The molecule has 1 amide bonds. The zero-order valence-electron chi connectivity index (χ0n) is 10.0. The fourth-order valence-electron chi connectivity index (χ4n) is 1.24. The van der Waals surface area contributed by atoms with Gasteiger partial charge in [0.05, 0.1) is 16.3 Å². The quantitative estimate of drug-likeness (QED) is 0.659. The van der Waals surface area contributed by atoms with Gasteiger partial charge in [0.2, 0.25) is 0 Å². The summed E-state index contributed by atoms with van der Waals surface area (Å²) in [6, 6.07) is 3.27.